The van der Waals surface area contributed by atoms with Crippen molar-refractivity contribution in [2.45, 2.75) is 0 Å². The average Bonchev–Trinajstić information content (AvgIpc) is 3.36. The van der Waals surface area contributed by atoms with Gasteiger partial charge in [-0.3, -0.25) is 5.10 Å². The Bertz CT molecular complexity index is 1170. The van der Waals surface area contributed by atoms with Gasteiger partial charge in [0, 0.05) is 24.2 Å². The van der Waals surface area contributed by atoms with Gasteiger partial charge in [-0.1, -0.05) is 0 Å². The Labute approximate surface area is 160 Å². The molecule has 0 aliphatic carbocycles. The Morgan fingerprint density at radius 1 is 1.14 bits per heavy atom. The van der Waals surface area contributed by atoms with Crippen LogP contribution in [-0.4, -0.2) is 59.5 Å². The molecular weight excluding hydrogens is 358 g/mol. The number of fused-ring (bicyclic) bond motifs is 2. The number of methoxy groups -OCH3 is 1. The first-order valence-electron chi connectivity index (χ1n) is 9.12. The first-order valence-corrected chi connectivity index (χ1v) is 9.12. The standard InChI is InChI=1S/C20H19N5O3/c1-27-20(26)12-2-4-15-14(10-12)18(24-23-15)19-21-16-5-3-13(11-17(16)22-19)25-6-8-28-9-7-25/h2-5,10-11H,6-9H2,1H3,(H,21,22)(H,23,24). The number of nitrogens with one attached hydrogen (secondary N) is 2. The Balaban J connectivity index is 1.56. The molecule has 0 spiro atoms. The highest BCUT2D eigenvalue weighted by Crippen LogP contribution is 2.29. The predicted octanol–water partition coefficient (Wildman–Crippen LogP) is 2.73. The number of anilines is 1. The van der Waals surface area contributed by atoms with Crippen LogP contribution in [0.25, 0.3) is 33.5 Å². The summed E-state index contributed by atoms with van der Waals surface area (Å²) in [5, 5.41) is 8.21. The molecule has 0 amide bonds. The van der Waals surface area contributed by atoms with Gasteiger partial charge in [0.15, 0.2) is 5.82 Å². The molecule has 0 bridgehead atoms. The van der Waals surface area contributed by atoms with Gasteiger partial charge in [0.2, 0.25) is 0 Å². The number of ether oxygens (including phenoxy) is 2. The number of esters is 1. The summed E-state index contributed by atoms with van der Waals surface area (Å²) in [6.45, 7) is 3.25. The van der Waals surface area contributed by atoms with E-state index < -0.39 is 0 Å². The lowest BCUT2D eigenvalue weighted by Gasteiger charge is -2.28. The molecule has 2 aromatic carbocycles. The third-order valence-electron chi connectivity index (χ3n) is 5.05. The molecule has 142 valence electrons. The van der Waals surface area contributed by atoms with E-state index in [0.717, 1.165) is 53.9 Å². The summed E-state index contributed by atoms with van der Waals surface area (Å²) in [5.41, 5.74) is 4.93. The third-order valence-corrected chi connectivity index (χ3v) is 5.05. The Kier molecular flexibility index (Phi) is 3.98. The Morgan fingerprint density at radius 2 is 2.00 bits per heavy atom. The number of benzene rings is 2. The molecule has 5 rings (SSSR count). The zero-order chi connectivity index (χ0) is 19.1. The van der Waals surface area contributed by atoms with Crippen molar-refractivity contribution in [1.29, 1.82) is 0 Å². The summed E-state index contributed by atoms with van der Waals surface area (Å²) < 4.78 is 10.3. The van der Waals surface area contributed by atoms with Crippen LogP contribution in [0, 0.1) is 0 Å². The van der Waals surface area contributed by atoms with Crippen molar-refractivity contribution in [2.24, 2.45) is 0 Å². The van der Waals surface area contributed by atoms with Gasteiger partial charge in [0.1, 0.15) is 5.69 Å². The van der Waals surface area contributed by atoms with E-state index in [0.29, 0.717) is 17.1 Å². The quantitative estimate of drug-likeness (QED) is 0.533. The molecule has 1 aliphatic heterocycles. The number of imidazole rings is 1. The number of carbonyl (C=O) groups excluding carboxylic acids is 1. The van der Waals surface area contributed by atoms with Gasteiger partial charge in [0.05, 0.1) is 42.4 Å². The van der Waals surface area contributed by atoms with Gasteiger partial charge in [0.25, 0.3) is 0 Å². The number of hydrogen-bond donors (Lipinski definition) is 2. The van der Waals surface area contributed by atoms with Crippen LogP contribution in [0.5, 0.6) is 0 Å². The fourth-order valence-electron chi connectivity index (χ4n) is 3.57. The van der Waals surface area contributed by atoms with Gasteiger partial charge < -0.3 is 19.4 Å². The molecule has 0 unspecified atom stereocenters. The fourth-order valence-corrected chi connectivity index (χ4v) is 3.57. The summed E-state index contributed by atoms with van der Waals surface area (Å²) >= 11 is 0. The number of nitrogens with zero attached hydrogens (tertiary/aromatic N) is 3. The van der Waals surface area contributed by atoms with Crippen LogP contribution in [0.1, 0.15) is 10.4 Å². The molecule has 0 saturated carbocycles. The lowest BCUT2D eigenvalue weighted by Crippen LogP contribution is -2.36. The lowest BCUT2D eigenvalue weighted by atomic mass is 10.1. The van der Waals surface area contributed by atoms with Crippen molar-refractivity contribution in [2.75, 3.05) is 38.3 Å². The second kappa shape index (κ2) is 6.65. The zero-order valence-corrected chi connectivity index (χ0v) is 15.4. The van der Waals surface area contributed by atoms with Crippen LogP contribution in [0.15, 0.2) is 36.4 Å². The minimum Gasteiger partial charge on any atom is -0.465 e. The maximum atomic E-state index is 11.9. The number of aromatic nitrogens is 4. The first kappa shape index (κ1) is 16.8. The summed E-state index contributed by atoms with van der Waals surface area (Å²) in [6, 6.07) is 11.5. The van der Waals surface area contributed by atoms with Gasteiger partial charge in [-0.05, 0) is 36.4 Å². The van der Waals surface area contributed by atoms with Crippen LogP contribution < -0.4 is 4.90 Å². The van der Waals surface area contributed by atoms with E-state index in [1.165, 1.54) is 7.11 Å². The molecule has 8 nitrogen and oxygen atoms in total. The van der Waals surface area contributed by atoms with Crippen molar-refractivity contribution in [3.8, 4) is 11.5 Å². The number of hydrogen-bond acceptors (Lipinski definition) is 6. The Morgan fingerprint density at radius 3 is 2.82 bits per heavy atom. The van der Waals surface area contributed by atoms with Gasteiger partial charge in [-0.15, -0.1) is 0 Å². The van der Waals surface area contributed by atoms with Crippen molar-refractivity contribution < 1.29 is 14.3 Å². The van der Waals surface area contributed by atoms with Crippen LogP contribution in [0.3, 0.4) is 0 Å². The van der Waals surface area contributed by atoms with E-state index in [-0.39, 0.29) is 5.97 Å². The maximum absolute atomic E-state index is 11.9. The number of morpholine rings is 1. The van der Waals surface area contributed by atoms with Crippen molar-refractivity contribution in [1.82, 2.24) is 20.2 Å². The second-order valence-electron chi connectivity index (χ2n) is 6.71. The molecule has 1 saturated heterocycles. The van der Waals surface area contributed by atoms with Crippen LogP contribution in [0.4, 0.5) is 5.69 Å². The molecule has 3 heterocycles. The summed E-state index contributed by atoms with van der Waals surface area (Å²) in [4.78, 5) is 22.2. The van der Waals surface area contributed by atoms with E-state index in [1.807, 2.05) is 12.1 Å². The predicted molar refractivity (Wildman–Crippen MR) is 106 cm³/mol. The van der Waals surface area contributed by atoms with E-state index in [2.05, 4.69) is 37.2 Å². The number of rotatable bonds is 3. The van der Waals surface area contributed by atoms with E-state index in [1.54, 1.807) is 12.1 Å². The molecule has 4 aromatic rings. The number of aromatic amines is 2. The lowest BCUT2D eigenvalue weighted by molar-refractivity contribution is 0.0601. The smallest absolute Gasteiger partial charge is 0.337 e. The highest BCUT2D eigenvalue weighted by Gasteiger charge is 2.17. The molecule has 1 aliphatic rings. The molecule has 1 fully saturated rings. The minimum atomic E-state index is -0.381. The SMILES string of the molecule is COC(=O)c1ccc2[nH]nc(-c3nc4ccc(N5CCOCC5)cc4[nH]3)c2c1. The molecule has 0 atom stereocenters. The highest BCUT2D eigenvalue weighted by atomic mass is 16.5. The normalized spacial score (nSPS) is 14.7. The van der Waals surface area contributed by atoms with Crippen LogP contribution in [-0.2, 0) is 9.47 Å². The topological polar surface area (TPSA) is 96.1 Å². The monoisotopic (exact) mass is 377 g/mol. The molecule has 8 heteroatoms. The molecule has 2 aromatic heterocycles. The largest absolute Gasteiger partial charge is 0.465 e. The number of carbonyl (C=O) groups is 1. The van der Waals surface area contributed by atoms with E-state index in [9.17, 15) is 4.79 Å². The van der Waals surface area contributed by atoms with E-state index in [4.69, 9.17) is 9.47 Å². The summed E-state index contributed by atoms with van der Waals surface area (Å²) in [5.74, 6) is 0.274. The van der Waals surface area contributed by atoms with Gasteiger partial charge in [-0.25, -0.2) is 9.78 Å². The van der Waals surface area contributed by atoms with Crippen LogP contribution in [0.2, 0.25) is 0 Å². The first-order chi connectivity index (χ1) is 13.7. The Hall–Kier alpha value is -3.39. The zero-order valence-electron chi connectivity index (χ0n) is 15.4. The molecule has 0 radical (unpaired) electrons. The fraction of sp³-hybridized carbons (Fsp3) is 0.250. The summed E-state index contributed by atoms with van der Waals surface area (Å²) in [7, 11) is 1.37. The van der Waals surface area contributed by atoms with E-state index >= 15 is 0 Å². The van der Waals surface area contributed by atoms with Crippen LogP contribution >= 0.6 is 0 Å². The van der Waals surface area contributed by atoms with Crippen molar-refractivity contribution in [3.63, 3.8) is 0 Å². The van der Waals surface area contributed by atoms with Crippen molar-refractivity contribution >= 4 is 33.6 Å². The average molecular weight is 377 g/mol. The molecule has 28 heavy (non-hydrogen) atoms. The minimum absolute atomic E-state index is 0.381. The number of H-pyrrole nitrogens is 2. The van der Waals surface area contributed by atoms with Crippen molar-refractivity contribution in [3.05, 3.63) is 42.0 Å². The van der Waals surface area contributed by atoms with Gasteiger partial charge in [-0.2, -0.15) is 5.10 Å². The third kappa shape index (κ3) is 2.78. The molecular formula is C20H19N5O3. The van der Waals surface area contributed by atoms with Gasteiger partial charge >= 0.3 is 5.97 Å². The second-order valence-corrected chi connectivity index (χ2v) is 6.71. The molecule has 2 N–H and O–H groups in total. The highest BCUT2D eigenvalue weighted by molar-refractivity contribution is 5.99. The summed E-state index contributed by atoms with van der Waals surface area (Å²) in [6.07, 6.45) is 0. The maximum Gasteiger partial charge on any atom is 0.337 e.